The maximum Gasteiger partial charge on any atom is 0.244 e. The van der Waals surface area contributed by atoms with Gasteiger partial charge in [0.25, 0.3) is 0 Å². The lowest BCUT2D eigenvalue weighted by Gasteiger charge is -2.33. The van der Waals surface area contributed by atoms with Crippen LogP contribution in [-0.2, 0) is 26.2 Å². The van der Waals surface area contributed by atoms with Crippen LogP contribution in [-0.4, -0.2) is 56.6 Å². The Kier molecular flexibility index (Phi) is 9.44. The molecule has 2 rings (SSSR count). The Balaban J connectivity index is 2.43. The highest BCUT2D eigenvalue weighted by molar-refractivity contribution is 7.92. The Labute approximate surface area is 217 Å². The van der Waals surface area contributed by atoms with Gasteiger partial charge in [-0.1, -0.05) is 35.3 Å². The fourth-order valence-electron chi connectivity index (χ4n) is 3.26. The van der Waals surface area contributed by atoms with E-state index in [-0.39, 0.29) is 23.2 Å². The molecular weight excluding hydrogens is 513 g/mol. The molecule has 0 radical (unpaired) electrons. The van der Waals surface area contributed by atoms with Gasteiger partial charge >= 0.3 is 0 Å². The summed E-state index contributed by atoms with van der Waals surface area (Å²) in [4.78, 5) is 27.8. The van der Waals surface area contributed by atoms with E-state index in [1.807, 2.05) is 20.8 Å². The molecule has 0 fully saturated rings. The van der Waals surface area contributed by atoms with Crippen LogP contribution in [0.5, 0.6) is 5.75 Å². The standard InChI is InChI=1S/C24H31Cl2N3O5S/c1-16(23(31)27-24(2,3)4)28(14-17-7-10-19(34-5)11-8-17)22(30)15-29(35(6,32)33)21-12-9-18(25)13-20(21)26/h7-13,16H,14-15H2,1-6H3,(H,27,31)/t16-/m1/s1. The molecule has 8 nitrogen and oxygen atoms in total. The van der Waals surface area contributed by atoms with Crippen LogP contribution in [0.4, 0.5) is 5.69 Å². The number of methoxy groups -OCH3 is 1. The molecule has 0 aliphatic carbocycles. The number of hydrogen-bond donors (Lipinski definition) is 1. The van der Waals surface area contributed by atoms with Crippen molar-refractivity contribution >= 4 is 50.7 Å². The molecular formula is C24H31Cl2N3O5S. The zero-order valence-electron chi connectivity index (χ0n) is 20.6. The first-order valence-corrected chi connectivity index (χ1v) is 13.4. The molecule has 0 bridgehead atoms. The summed E-state index contributed by atoms with van der Waals surface area (Å²) >= 11 is 12.2. The highest BCUT2D eigenvalue weighted by Gasteiger charge is 2.32. The van der Waals surface area contributed by atoms with Crippen molar-refractivity contribution in [1.82, 2.24) is 10.2 Å². The molecule has 0 aliphatic rings. The number of sulfonamides is 1. The van der Waals surface area contributed by atoms with Crippen LogP contribution in [0.3, 0.4) is 0 Å². The van der Waals surface area contributed by atoms with E-state index in [9.17, 15) is 18.0 Å². The Morgan fingerprint density at radius 3 is 2.17 bits per heavy atom. The number of halogens is 2. The van der Waals surface area contributed by atoms with Gasteiger partial charge in [0.1, 0.15) is 18.3 Å². The second-order valence-electron chi connectivity index (χ2n) is 9.15. The maximum absolute atomic E-state index is 13.5. The third-order valence-corrected chi connectivity index (χ3v) is 6.70. The Hall–Kier alpha value is -2.49. The summed E-state index contributed by atoms with van der Waals surface area (Å²) in [5, 5.41) is 3.27. The minimum absolute atomic E-state index is 0.0769. The number of amides is 2. The number of ether oxygens (including phenoxy) is 1. The van der Waals surface area contributed by atoms with Crippen molar-refractivity contribution in [2.75, 3.05) is 24.2 Å². The van der Waals surface area contributed by atoms with Crippen molar-refractivity contribution in [3.63, 3.8) is 0 Å². The van der Waals surface area contributed by atoms with E-state index >= 15 is 0 Å². The minimum atomic E-state index is -3.90. The summed E-state index contributed by atoms with van der Waals surface area (Å²) in [6, 6.07) is 10.5. The number of hydrogen-bond acceptors (Lipinski definition) is 5. The first kappa shape index (κ1) is 28.7. The number of nitrogens with zero attached hydrogens (tertiary/aromatic N) is 2. The molecule has 0 saturated heterocycles. The molecule has 1 N–H and O–H groups in total. The molecule has 35 heavy (non-hydrogen) atoms. The zero-order chi connectivity index (χ0) is 26.6. The van der Waals surface area contributed by atoms with Crippen LogP contribution in [0.25, 0.3) is 0 Å². The van der Waals surface area contributed by atoms with Gasteiger partial charge < -0.3 is 15.0 Å². The van der Waals surface area contributed by atoms with Crippen LogP contribution in [0, 0.1) is 0 Å². The first-order chi connectivity index (χ1) is 16.1. The number of carbonyl (C=O) groups excluding carboxylic acids is 2. The molecule has 0 unspecified atom stereocenters. The summed E-state index contributed by atoms with van der Waals surface area (Å²) < 4.78 is 31.3. The SMILES string of the molecule is COc1ccc(CN(C(=O)CN(c2ccc(Cl)cc2Cl)S(C)(=O)=O)[C@H](C)C(=O)NC(C)(C)C)cc1. The van der Waals surface area contributed by atoms with Crippen molar-refractivity contribution < 1.29 is 22.7 Å². The number of carbonyl (C=O) groups is 2. The van der Waals surface area contributed by atoms with Crippen molar-refractivity contribution in [3.8, 4) is 5.75 Å². The van der Waals surface area contributed by atoms with Gasteiger partial charge in [0.2, 0.25) is 21.8 Å². The van der Waals surface area contributed by atoms with E-state index in [2.05, 4.69) is 5.32 Å². The lowest BCUT2D eigenvalue weighted by molar-refractivity contribution is -0.140. The fourth-order valence-corrected chi connectivity index (χ4v) is 4.68. The summed E-state index contributed by atoms with van der Waals surface area (Å²) in [5.74, 6) is -0.297. The van der Waals surface area contributed by atoms with Gasteiger partial charge in [0.15, 0.2) is 0 Å². The largest absolute Gasteiger partial charge is 0.497 e. The molecule has 1 atom stereocenters. The monoisotopic (exact) mass is 543 g/mol. The quantitative estimate of drug-likeness (QED) is 0.513. The topological polar surface area (TPSA) is 96.0 Å². The number of rotatable bonds is 9. The van der Waals surface area contributed by atoms with Gasteiger partial charge in [0, 0.05) is 17.1 Å². The van der Waals surface area contributed by atoms with Crippen LogP contribution in [0.15, 0.2) is 42.5 Å². The lowest BCUT2D eigenvalue weighted by atomic mass is 10.1. The predicted octanol–water partition coefficient (Wildman–Crippen LogP) is 4.10. The van der Waals surface area contributed by atoms with Crippen LogP contribution in [0.1, 0.15) is 33.3 Å². The van der Waals surface area contributed by atoms with Gasteiger partial charge in [-0.25, -0.2) is 8.42 Å². The highest BCUT2D eigenvalue weighted by Crippen LogP contribution is 2.30. The highest BCUT2D eigenvalue weighted by atomic mass is 35.5. The average Bonchev–Trinajstić information content (AvgIpc) is 2.74. The van der Waals surface area contributed by atoms with Crippen molar-refractivity contribution in [3.05, 3.63) is 58.1 Å². The van der Waals surface area contributed by atoms with Gasteiger partial charge in [-0.15, -0.1) is 0 Å². The third-order valence-electron chi connectivity index (χ3n) is 5.04. The normalized spacial score (nSPS) is 12.6. The summed E-state index contributed by atoms with van der Waals surface area (Å²) in [6.07, 6.45) is 0.981. The zero-order valence-corrected chi connectivity index (χ0v) is 23.0. The Morgan fingerprint density at radius 1 is 1.09 bits per heavy atom. The molecule has 0 aromatic heterocycles. The van der Waals surface area contributed by atoms with E-state index in [4.69, 9.17) is 27.9 Å². The average molecular weight is 545 g/mol. The third kappa shape index (κ3) is 8.30. The van der Waals surface area contributed by atoms with Crippen LogP contribution >= 0.6 is 23.2 Å². The molecule has 0 saturated carbocycles. The van der Waals surface area contributed by atoms with Gasteiger partial charge in [0.05, 0.1) is 24.1 Å². The first-order valence-electron chi connectivity index (χ1n) is 10.8. The molecule has 0 spiro atoms. The van der Waals surface area contributed by atoms with E-state index < -0.39 is 34.1 Å². The summed E-state index contributed by atoms with van der Waals surface area (Å²) in [6.45, 7) is 6.63. The summed E-state index contributed by atoms with van der Waals surface area (Å²) in [5.41, 5.74) is 0.337. The lowest BCUT2D eigenvalue weighted by Crippen LogP contribution is -2.54. The molecule has 2 aromatic carbocycles. The second-order valence-corrected chi connectivity index (χ2v) is 11.9. The minimum Gasteiger partial charge on any atom is -0.497 e. The summed E-state index contributed by atoms with van der Waals surface area (Å²) in [7, 11) is -2.35. The van der Waals surface area contributed by atoms with Gasteiger partial charge in [-0.3, -0.25) is 13.9 Å². The number of nitrogens with one attached hydrogen (secondary N) is 1. The number of benzene rings is 2. The Morgan fingerprint density at radius 2 is 1.69 bits per heavy atom. The van der Waals surface area contributed by atoms with Crippen molar-refractivity contribution in [2.24, 2.45) is 0 Å². The Bertz CT molecular complexity index is 1160. The molecule has 192 valence electrons. The molecule has 0 heterocycles. The van der Waals surface area contributed by atoms with Crippen LogP contribution < -0.4 is 14.4 Å². The predicted molar refractivity (Wildman–Crippen MR) is 140 cm³/mol. The smallest absolute Gasteiger partial charge is 0.244 e. The number of anilines is 1. The maximum atomic E-state index is 13.5. The molecule has 2 amide bonds. The van der Waals surface area contributed by atoms with E-state index in [0.29, 0.717) is 10.8 Å². The van der Waals surface area contributed by atoms with Gasteiger partial charge in [-0.2, -0.15) is 0 Å². The molecule has 11 heteroatoms. The van der Waals surface area contributed by atoms with E-state index in [1.54, 1.807) is 38.3 Å². The van der Waals surface area contributed by atoms with E-state index in [1.165, 1.54) is 23.1 Å². The molecule has 2 aromatic rings. The van der Waals surface area contributed by atoms with Crippen molar-refractivity contribution in [2.45, 2.75) is 45.8 Å². The van der Waals surface area contributed by atoms with Crippen molar-refractivity contribution in [1.29, 1.82) is 0 Å². The van der Waals surface area contributed by atoms with Gasteiger partial charge in [-0.05, 0) is 63.6 Å². The molecule has 0 aliphatic heterocycles. The van der Waals surface area contributed by atoms with E-state index in [0.717, 1.165) is 16.1 Å². The fraction of sp³-hybridized carbons (Fsp3) is 0.417. The van der Waals surface area contributed by atoms with Crippen LogP contribution in [0.2, 0.25) is 10.0 Å². The second kappa shape index (κ2) is 11.5.